The highest BCUT2D eigenvalue weighted by atomic mass is 32.2. The molecule has 1 saturated carbocycles. The van der Waals surface area contributed by atoms with Gasteiger partial charge in [-0.15, -0.1) is 0 Å². The Morgan fingerprint density at radius 2 is 2.00 bits per heavy atom. The predicted octanol–water partition coefficient (Wildman–Crippen LogP) is 2.15. The SMILES string of the molecule is CCCS(=O)(=O)c1ccccc1CC(N)C1CC1. The van der Waals surface area contributed by atoms with E-state index in [-0.39, 0.29) is 11.8 Å². The van der Waals surface area contributed by atoms with Crippen LogP contribution in [-0.4, -0.2) is 20.2 Å². The highest BCUT2D eigenvalue weighted by Gasteiger charge is 2.29. The van der Waals surface area contributed by atoms with Gasteiger partial charge in [0.2, 0.25) is 0 Å². The van der Waals surface area contributed by atoms with Crippen LogP contribution >= 0.6 is 0 Å². The van der Waals surface area contributed by atoms with Gasteiger partial charge in [0.15, 0.2) is 9.84 Å². The Balaban J connectivity index is 2.24. The summed E-state index contributed by atoms with van der Waals surface area (Å²) in [6, 6.07) is 7.38. The molecule has 1 atom stereocenters. The van der Waals surface area contributed by atoms with E-state index in [0.717, 1.165) is 5.56 Å². The van der Waals surface area contributed by atoms with E-state index in [1.165, 1.54) is 12.8 Å². The number of nitrogens with two attached hydrogens (primary N) is 1. The molecule has 4 heteroatoms. The van der Waals surface area contributed by atoms with Gasteiger partial charge in [-0.05, 0) is 43.2 Å². The second-order valence-corrected chi connectivity index (χ2v) is 7.21. The van der Waals surface area contributed by atoms with Gasteiger partial charge in [-0.3, -0.25) is 0 Å². The molecule has 1 aromatic rings. The van der Waals surface area contributed by atoms with Crippen LogP contribution in [0.15, 0.2) is 29.2 Å². The third-order valence-corrected chi connectivity index (χ3v) is 5.48. The molecule has 1 aliphatic carbocycles. The Morgan fingerprint density at radius 1 is 1.33 bits per heavy atom. The lowest BCUT2D eigenvalue weighted by atomic mass is 10.0. The van der Waals surface area contributed by atoms with Gasteiger partial charge < -0.3 is 5.73 Å². The molecule has 18 heavy (non-hydrogen) atoms. The van der Waals surface area contributed by atoms with Crippen LogP contribution in [0.4, 0.5) is 0 Å². The molecule has 1 aliphatic rings. The number of rotatable bonds is 6. The molecule has 0 amide bonds. The van der Waals surface area contributed by atoms with Crippen LogP contribution in [0, 0.1) is 5.92 Å². The lowest BCUT2D eigenvalue weighted by Crippen LogP contribution is -2.26. The molecule has 1 aromatic carbocycles. The molecule has 1 unspecified atom stereocenters. The molecular weight excluding hydrogens is 246 g/mol. The third kappa shape index (κ3) is 3.12. The van der Waals surface area contributed by atoms with E-state index in [1.807, 2.05) is 19.1 Å². The van der Waals surface area contributed by atoms with Crippen LogP contribution < -0.4 is 5.73 Å². The summed E-state index contributed by atoms with van der Waals surface area (Å²) in [7, 11) is -3.15. The summed E-state index contributed by atoms with van der Waals surface area (Å²) in [5, 5.41) is 0. The fraction of sp³-hybridized carbons (Fsp3) is 0.571. The maximum atomic E-state index is 12.2. The van der Waals surface area contributed by atoms with E-state index in [2.05, 4.69) is 0 Å². The minimum absolute atomic E-state index is 0.1000. The summed E-state index contributed by atoms with van der Waals surface area (Å²) in [6.45, 7) is 1.89. The Labute approximate surface area is 109 Å². The van der Waals surface area contributed by atoms with Crippen molar-refractivity contribution in [3.05, 3.63) is 29.8 Å². The quantitative estimate of drug-likeness (QED) is 0.859. The molecule has 0 spiro atoms. The third-order valence-electron chi connectivity index (χ3n) is 3.46. The molecule has 2 rings (SSSR count). The molecule has 0 radical (unpaired) electrons. The van der Waals surface area contributed by atoms with Gasteiger partial charge in [-0.1, -0.05) is 25.1 Å². The average Bonchev–Trinajstić information content (AvgIpc) is 3.13. The first kappa shape index (κ1) is 13.6. The predicted molar refractivity (Wildman–Crippen MR) is 73.2 cm³/mol. The molecule has 0 heterocycles. The summed E-state index contributed by atoms with van der Waals surface area (Å²) < 4.78 is 24.4. The maximum absolute atomic E-state index is 12.2. The standard InChI is InChI=1S/C14H21NO2S/c1-2-9-18(16,17)14-6-4-3-5-12(14)10-13(15)11-7-8-11/h3-6,11,13H,2,7-10,15H2,1H3. The zero-order valence-electron chi connectivity index (χ0n) is 10.8. The summed E-state index contributed by atoms with van der Waals surface area (Å²) >= 11 is 0. The van der Waals surface area contributed by atoms with Crippen molar-refractivity contribution < 1.29 is 8.42 Å². The molecule has 0 aromatic heterocycles. The van der Waals surface area contributed by atoms with E-state index in [4.69, 9.17) is 5.73 Å². The van der Waals surface area contributed by atoms with Gasteiger partial charge in [0.1, 0.15) is 0 Å². The molecule has 100 valence electrons. The summed E-state index contributed by atoms with van der Waals surface area (Å²) in [6.07, 6.45) is 3.69. The summed E-state index contributed by atoms with van der Waals surface area (Å²) in [4.78, 5) is 0.475. The second-order valence-electron chi connectivity index (χ2n) is 5.13. The van der Waals surface area contributed by atoms with Crippen molar-refractivity contribution in [2.75, 3.05) is 5.75 Å². The first-order valence-corrected chi connectivity index (χ1v) is 8.26. The van der Waals surface area contributed by atoms with Crippen molar-refractivity contribution in [2.24, 2.45) is 11.7 Å². The second kappa shape index (κ2) is 5.41. The van der Waals surface area contributed by atoms with E-state index >= 15 is 0 Å². The van der Waals surface area contributed by atoms with Crippen molar-refractivity contribution in [2.45, 2.75) is 43.5 Å². The number of benzene rings is 1. The Morgan fingerprint density at radius 3 is 2.61 bits per heavy atom. The molecule has 1 fully saturated rings. The number of sulfone groups is 1. The fourth-order valence-electron chi connectivity index (χ4n) is 2.30. The highest BCUT2D eigenvalue weighted by Crippen LogP contribution is 2.33. The lowest BCUT2D eigenvalue weighted by Gasteiger charge is -2.14. The monoisotopic (exact) mass is 267 g/mol. The number of hydrogen-bond acceptors (Lipinski definition) is 3. The molecule has 3 nitrogen and oxygen atoms in total. The Kier molecular flexibility index (Phi) is 4.07. The first-order valence-electron chi connectivity index (χ1n) is 6.61. The van der Waals surface area contributed by atoms with Gasteiger partial charge in [0.05, 0.1) is 10.6 Å². The van der Waals surface area contributed by atoms with Crippen molar-refractivity contribution in [3.8, 4) is 0 Å². The first-order chi connectivity index (χ1) is 8.54. The van der Waals surface area contributed by atoms with Crippen LogP contribution in [0.5, 0.6) is 0 Å². The highest BCUT2D eigenvalue weighted by molar-refractivity contribution is 7.91. The fourth-order valence-corrected chi connectivity index (χ4v) is 3.89. The van der Waals surface area contributed by atoms with Crippen LogP contribution in [0.3, 0.4) is 0 Å². The van der Waals surface area contributed by atoms with E-state index in [0.29, 0.717) is 23.7 Å². The molecule has 2 N–H and O–H groups in total. The van der Waals surface area contributed by atoms with Gasteiger partial charge >= 0.3 is 0 Å². The zero-order chi connectivity index (χ0) is 13.2. The molecule has 0 bridgehead atoms. The average molecular weight is 267 g/mol. The minimum atomic E-state index is -3.15. The van der Waals surface area contributed by atoms with Gasteiger partial charge in [0, 0.05) is 6.04 Å². The van der Waals surface area contributed by atoms with Gasteiger partial charge in [-0.2, -0.15) is 0 Å². The summed E-state index contributed by atoms with van der Waals surface area (Å²) in [5.74, 6) is 0.801. The van der Waals surface area contributed by atoms with Crippen molar-refractivity contribution in [1.82, 2.24) is 0 Å². The Bertz CT molecular complexity index is 506. The lowest BCUT2D eigenvalue weighted by molar-refractivity contribution is 0.577. The minimum Gasteiger partial charge on any atom is -0.327 e. The van der Waals surface area contributed by atoms with Crippen LogP contribution in [0.2, 0.25) is 0 Å². The zero-order valence-corrected chi connectivity index (χ0v) is 11.6. The molecular formula is C14H21NO2S. The molecule has 0 aliphatic heterocycles. The van der Waals surface area contributed by atoms with Crippen molar-refractivity contribution in [1.29, 1.82) is 0 Å². The van der Waals surface area contributed by atoms with E-state index in [1.54, 1.807) is 12.1 Å². The van der Waals surface area contributed by atoms with Gasteiger partial charge in [-0.25, -0.2) is 8.42 Å². The summed E-state index contributed by atoms with van der Waals surface area (Å²) in [5.41, 5.74) is 6.98. The molecule has 0 saturated heterocycles. The van der Waals surface area contributed by atoms with Crippen LogP contribution in [0.1, 0.15) is 31.7 Å². The van der Waals surface area contributed by atoms with Gasteiger partial charge in [0.25, 0.3) is 0 Å². The number of hydrogen-bond donors (Lipinski definition) is 1. The maximum Gasteiger partial charge on any atom is 0.178 e. The van der Waals surface area contributed by atoms with E-state index in [9.17, 15) is 8.42 Å². The van der Waals surface area contributed by atoms with Crippen molar-refractivity contribution in [3.63, 3.8) is 0 Å². The normalized spacial score (nSPS) is 17.7. The smallest absolute Gasteiger partial charge is 0.178 e. The largest absolute Gasteiger partial charge is 0.327 e. The van der Waals surface area contributed by atoms with Crippen molar-refractivity contribution >= 4 is 9.84 Å². The van der Waals surface area contributed by atoms with E-state index < -0.39 is 9.84 Å². The Hall–Kier alpha value is -0.870. The van der Waals surface area contributed by atoms with Crippen LogP contribution in [0.25, 0.3) is 0 Å². The topological polar surface area (TPSA) is 60.2 Å². The van der Waals surface area contributed by atoms with Crippen LogP contribution in [-0.2, 0) is 16.3 Å².